The van der Waals surface area contributed by atoms with Gasteiger partial charge < -0.3 is 0 Å². The maximum atomic E-state index is 2.34. The van der Waals surface area contributed by atoms with Gasteiger partial charge in [-0.05, 0) is 38.5 Å². The minimum absolute atomic E-state index is 1.18. The van der Waals surface area contributed by atoms with Crippen LogP contribution in [0.4, 0.5) is 0 Å². The molecule has 0 bridgehead atoms. The fraction of sp³-hybridized carbons (Fsp3) is 0.571. The molecule has 0 heterocycles. The molecule has 0 nitrogen and oxygen atoms in total. The molecule has 0 amide bonds. The van der Waals surface area contributed by atoms with E-state index in [0.717, 1.165) is 0 Å². The highest BCUT2D eigenvalue weighted by Crippen LogP contribution is 2.07. The Labute approximate surface area is 88.4 Å². The van der Waals surface area contributed by atoms with Crippen molar-refractivity contribution in [2.45, 2.75) is 51.4 Å². The van der Waals surface area contributed by atoms with Crippen molar-refractivity contribution in [3.05, 3.63) is 36.5 Å². The van der Waals surface area contributed by atoms with Gasteiger partial charge in [-0.2, -0.15) is 0 Å². The van der Waals surface area contributed by atoms with Crippen molar-refractivity contribution in [3.8, 4) is 0 Å². The van der Waals surface area contributed by atoms with Crippen LogP contribution in [0.25, 0.3) is 0 Å². The first-order valence-corrected chi connectivity index (χ1v) is 5.97. The largest absolute Gasteiger partial charge is 0.0885 e. The SMILES string of the molecule is C1=C\CCCCCC/C=C/C=C/CC/1. The van der Waals surface area contributed by atoms with Crippen LogP contribution in [-0.2, 0) is 0 Å². The molecule has 1 rings (SSSR count). The number of rotatable bonds is 0. The summed E-state index contributed by atoms with van der Waals surface area (Å²) in [6, 6.07) is 0. The maximum Gasteiger partial charge on any atom is -0.0313 e. The first-order valence-electron chi connectivity index (χ1n) is 5.97. The number of hydrogen-bond acceptors (Lipinski definition) is 0. The third kappa shape index (κ3) is 6.71. The van der Waals surface area contributed by atoms with Gasteiger partial charge in [-0.3, -0.25) is 0 Å². The van der Waals surface area contributed by atoms with E-state index in [-0.39, 0.29) is 0 Å². The van der Waals surface area contributed by atoms with Crippen LogP contribution in [0.1, 0.15) is 51.4 Å². The van der Waals surface area contributed by atoms with Gasteiger partial charge in [0.2, 0.25) is 0 Å². The molecule has 1 aliphatic rings. The van der Waals surface area contributed by atoms with E-state index >= 15 is 0 Å². The zero-order valence-electron chi connectivity index (χ0n) is 9.12. The molecule has 0 unspecified atom stereocenters. The van der Waals surface area contributed by atoms with Gasteiger partial charge in [0.05, 0.1) is 0 Å². The second-order valence-corrected chi connectivity index (χ2v) is 3.90. The van der Waals surface area contributed by atoms with Gasteiger partial charge in [0.15, 0.2) is 0 Å². The molecule has 0 spiro atoms. The summed E-state index contributed by atoms with van der Waals surface area (Å²) in [6.45, 7) is 0. The summed E-state index contributed by atoms with van der Waals surface area (Å²) >= 11 is 0. The Bertz CT molecular complexity index is 196. The molecule has 1 aliphatic carbocycles. The average Bonchev–Trinajstić information content (AvgIpc) is 2.22. The van der Waals surface area contributed by atoms with Crippen LogP contribution >= 0.6 is 0 Å². The van der Waals surface area contributed by atoms with Crippen LogP contribution in [0.15, 0.2) is 36.5 Å². The fourth-order valence-corrected chi connectivity index (χ4v) is 1.66. The Morgan fingerprint density at radius 3 is 1.71 bits per heavy atom. The number of hydrogen-bond donors (Lipinski definition) is 0. The summed E-state index contributed by atoms with van der Waals surface area (Å²) in [4.78, 5) is 0. The summed E-state index contributed by atoms with van der Waals surface area (Å²) < 4.78 is 0. The molecule has 0 aromatic rings. The lowest BCUT2D eigenvalue weighted by molar-refractivity contribution is 0.652. The smallest absolute Gasteiger partial charge is 0.0313 e. The third-order valence-corrected chi connectivity index (χ3v) is 2.54. The summed E-state index contributed by atoms with van der Waals surface area (Å²) in [5, 5.41) is 0. The summed E-state index contributed by atoms with van der Waals surface area (Å²) in [6.07, 6.45) is 24.0. The Morgan fingerprint density at radius 2 is 0.929 bits per heavy atom. The van der Waals surface area contributed by atoms with Gasteiger partial charge in [0.25, 0.3) is 0 Å². The van der Waals surface area contributed by atoms with Crippen molar-refractivity contribution >= 4 is 0 Å². The van der Waals surface area contributed by atoms with Crippen LogP contribution in [-0.4, -0.2) is 0 Å². The Hall–Kier alpha value is -0.780. The monoisotopic (exact) mass is 190 g/mol. The van der Waals surface area contributed by atoms with E-state index in [1.807, 2.05) is 0 Å². The van der Waals surface area contributed by atoms with Crippen molar-refractivity contribution in [1.29, 1.82) is 0 Å². The van der Waals surface area contributed by atoms with Crippen LogP contribution < -0.4 is 0 Å². The Balaban J connectivity index is 2.26. The second-order valence-electron chi connectivity index (χ2n) is 3.90. The van der Waals surface area contributed by atoms with E-state index in [9.17, 15) is 0 Å². The summed E-state index contributed by atoms with van der Waals surface area (Å²) in [7, 11) is 0. The first-order chi connectivity index (χ1) is 7.00. The van der Waals surface area contributed by atoms with Crippen LogP contribution in [0.3, 0.4) is 0 Å². The number of allylic oxidation sites excluding steroid dienone is 6. The Morgan fingerprint density at radius 1 is 0.429 bits per heavy atom. The molecule has 0 fully saturated rings. The lowest BCUT2D eigenvalue weighted by Gasteiger charge is -1.97. The lowest BCUT2D eigenvalue weighted by atomic mass is 10.1. The molecule has 0 N–H and O–H groups in total. The minimum Gasteiger partial charge on any atom is -0.0885 e. The predicted molar refractivity (Wildman–Crippen MR) is 64.4 cm³/mol. The topological polar surface area (TPSA) is 0 Å². The van der Waals surface area contributed by atoms with Gasteiger partial charge in [0, 0.05) is 0 Å². The molecular formula is C14H22. The zero-order chi connectivity index (χ0) is 9.90. The standard InChI is InChI=1S/C14H22/c1-2-4-6-8-10-12-14-13-11-9-7-5-3-1/h1-4,9,11H,5-8,10,12-14H2/b3-1+,4-2+,11-9-. The minimum atomic E-state index is 1.18. The molecular weight excluding hydrogens is 168 g/mol. The Kier molecular flexibility index (Phi) is 7.10. The van der Waals surface area contributed by atoms with Crippen molar-refractivity contribution in [3.63, 3.8) is 0 Å². The quantitative estimate of drug-likeness (QED) is 0.482. The normalized spacial score (nSPS) is 27.4. The molecule has 0 atom stereocenters. The fourth-order valence-electron chi connectivity index (χ4n) is 1.66. The van der Waals surface area contributed by atoms with E-state index in [2.05, 4.69) is 36.5 Å². The van der Waals surface area contributed by atoms with Crippen molar-refractivity contribution < 1.29 is 0 Å². The summed E-state index contributed by atoms with van der Waals surface area (Å²) in [5.74, 6) is 0. The van der Waals surface area contributed by atoms with Crippen LogP contribution in [0.5, 0.6) is 0 Å². The summed E-state index contributed by atoms with van der Waals surface area (Å²) in [5.41, 5.74) is 0. The predicted octanol–water partition coefficient (Wildman–Crippen LogP) is 4.79. The van der Waals surface area contributed by atoms with E-state index in [1.165, 1.54) is 51.4 Å². The molecule has 0 aromatic carbocycles. The first kappa shape index (κ1) is 11.3. The van der Waals surface area contributed by atoms with E-state index < -0.39 is 0 Å². The molecule has 0 heteroatoms. The van der Waals surface area contributed by atoms with Crippen LogP contribution in [0, 0.1) is 0 Å². The van der Waals surface area contributed by atoms with Gasteiger partial charge in [-0.25, -0.2) is 0 Å². The average molecular weight is 190 g/mol. The highest BCUT2D eigenvalue weighted by molar-refractivity contribution is 5.02. The second kappa shape index (κ2) is 8.80. The van der Waals surface area contributed by atoms with Crippen molar-refractivity contribution in [2.24, 2.45) is 0 Å². The molecule has 0 aliphatic heterocycles. The van der Waals surface area contributed by atoms with Crippen molar-refractivity contribution in [1.82, 2.24) is 0 Å². The third-order valence-electron chi connectivity index (χ3n) is 2.54. The molecule has 0 saturated heterocycles. The van der Waals surface area contributed by atoms with Crippen molar-refractivity contribution in [2.75, 3.05) is 0 Å². The maximum absolute atomic E-state index is 2.34. The van der Waals surface area contributed by atoms with E-state index in [0.29, 0.717) is 0 Å². The van der Waals surface area contributed by atoms with Gasteiger partial charge in [-0.1, -0.05) is 49.3 Å². The highest BCUT2D eigenvalue weighted by Gasteiger charge is 1.87. The van der Waals surface area contributed by atoms with Crippen LogP contribution in [0.2, 0.25) is 0 Å². The molecule has 0 aromatic heterocycles. The van der Waals surface area contributed by atoms with Gasteiger partial charge in [0.1, 0.15) is 0 Å². The van der Waals surface area contributed by atoms with Gasteiger partial charge in [-0.15, -0.1) is 0 Å². The molecule has 0 saturated carbocycles. The molecule has 14 heavy (non-hydrogen) atoms. The zero-order valence-corrected chi connectivity index (χ0v) is 9.12. The molecule has 78 valence electrons. The highest BCUT2D eigenvalue weighted by atomic mass is 13.9. The van der Waals surface area contributed by atoms with Gasteiger partial charge >= 0.3 is 0 Å². The van der Waals surface area contributed by atoms with E-state index in [4.69, 9.17) is 0 Å². The van der Waals surface area contributed by atoms with E-state index in [1.54, 1.807) is 0 Å². The lowest BCUT2D eigenvalue weighted by Crippen LogP contribution is -1.77. The molecule has 0 radical (unpaired) electrons.